The van der Waals surface area contributed by atoms with Crippen molar-refractivity contribution in [2.75, 3.05) is 0 Å². The zero-order valence-corrected chi connectivity index (χ0v) is 6.75. The van der Waals surface area contributed by atoms with Gasteiger partial charge in [0.05, 0.1) is 12.2 Å². The molecule has 1 fully saturated rings. The summed E-state index contributed by atoms with van der Waals surface area (Å²) in [7, 11) is 0. The topological polar surface area (TPSA) is 46.5 Å². The fourth-order valence-electron chi connectivity index (χ4n) is 1.38. The monoisotopic (exact) mass is 158 g/mol. The molecule has 1 rings (SSSR count). The number of carboxylic acid groups (broad SMARTS) is 1. The largest absolute Gasteiger partial charge is 0.481 e. The summed E-state index contributed by atoms with van der Waals surface area (Å²) in [5.74, 6) is -0.729. The molecule has 1 aliphatic heterocycles. The summed E-state index contributed by atoms with van der Waals surface area (Å²) in [5, 5.41) is 8.38. The highest BCUT2D eigenvalue weighted by molar-refractivity contribution is 5.66. The van der Waals surface area contributed by atoms with Gasteiger partial charge in [0.2, 0.25) is 0 Å². The molecule has 2 unspecified atom stereocenters. The second-order valence-corrected chi connectivity index (χ2v) is 3.08. The average Bonchev–Trinajstić information content (AvgIpc) is 2.31. The summed E-state index contributed by atoms with van der Waals surface area (Å²) < 4.78 is 5.45. The summed E-state index contributed by atoms with van der Waals surface area (Å²) in [4.78, 5) is 10.2. The number of carbonyl (C=O) groups is 1. The maximum Gasteiger partial charge on any atom is 0.303 e. The molecule has 3 heteroatoms. The summed E-state index contributed by atoms with van der Waals surface area (Å²) in [5.41, 5.74) is 0. The van der Waals surface area contributed by atoms with Gasteiger partial charge in [0.1, 0.15) is 0 Å². The molecular formula is C8H14O3. The van der Waals surface area contributed by atoms with Crippen molar-refractivity contribution in [3.05, 3.63) is 0 Å². The maximum atomic E-state index is 10.2. The number of rotatable bonds is 3. The van der Waals surface area contributed by atoms with Crippen LogP contribution in [0, 0.1) is 0 Å². The van der Waals surface area contributed by atoms with Gasteiger partial charge < -0.3 is 9.84 Å². The average molecular weight is 158 g/mol. The van der Waals surface area contributed by atoms with Gasteiger partial charge >= 0.3 is 5.97 Å². The fourth-order valence-corrected chi connectivity index (χ4v) is 1.38. The lowest BCUT2D eigenvalue weighted by Gasteiger charge is -2.08. The van der Waals surface area contributed by atoms with E-state index < -0.39 is 5.97 Å². The second-order valence-electron chi connectivity index (χ2n) is 3.08. The van der Waals surface area contributed by atoms with E-state index in [1.807, 2.05) is 6.92 Å². The van der Waals surface area contributed by atoms with Crippen LogP contribution in [-0.2, 0) is 9.53 Å². The van der Waals surface area contributed by atoms with Crippen molar-refractivity contribution >= 4 is 5.97 Å². The third-order valence-electron chi connectivity index (χ3n) is 2.00. The molecule has 0 aliphatic carbocycles. The molecule has 0 bridgehead atoms. The number of hydrogen-bond donors (Lipinski definition) is 1. The number of ether oxygens (including phenoxy) is 1. The van der Waals surface area contributed by atoms with Crippen molar-refractivity contribution in [1.29, 1.82) is 0 Å². The Morgan fingerprint density at radius 3 is 2.82 bits per heavy atom. The second kappa shape index (κ2) is 3.72. The molecule has 1 heterocycles. The minimum absolute atomic E-state index is 0.195. The standard InChI is InChI=1S/C8H14O3/c1-6-2-3-7(11-6)4-5-8(9)10/h6-7H,2-5H2,1H3,(H,9,10). The van der Waals surface area contributed by atoms with Crippen LogP contribution in [0.3, 0.4) is 0 Å². The van der Waals surface area contributed by atoms with Crippen LogP contribution in [0.4, 0.5) is 0 Å². The van der Waals surface area contributed by atoms with Gasteiger partial charge in [0.25, 0.3) is 0 Å². The molecule has 3 nitrogen and oxygen atoms in total. The first-order valence-corrected chi connectivity index (χ1v) is 4.05. The third-order valence-corrected chi connectivity index (χ3v) is 2.00. The Bertz CT molecular complexity index is 144. The van der Waals surface area contributed by atoms with Gasteiger partial charge in [-0.15, -0.1) is 0 Å². The summed E-state index contributed by atoms with van der Waals surface area (Å²) >= 11 is 0. The van der Waals surface area contributed by atoms with E-state index in [4.69, 9.17) is 9.84 Å². The molecule has 11 heavy (non-hydrogen) atoms. The Morgan fingerprint density at radius 1 is 1.64 bits per heavy atom. The highest BCUT2D eigenvalue weighted by atomic mass is 16.5. The van der Waals surface area contributed by atoms with Crippen LogP contribution in [-0.4, -0.2) is 23.3 Å². The quantitative estimate of drug-likeness (QED) is 0.675. The number of carboxylic acids is 1. The van der Waals surface area contributed by atoms with Crippen molar-refractivity contribution in [1.82, 2.24) is 0 Å². The van der Waals surface area contributed by atoms with Crippen LogP contribution in [0.2, 0.25) is 0 Å². The Morgan fingerprint density at radius 2 is 2.36 bits per heavy atom. The van der Waals surface area contributed by atoms with E-state index in [-0.39, 0.29) is 12.5 Å². The smallest absolute Gasteiger partial charge is 0.303 e. The van der Waals surface area contributed by atoms with Gasteiger partial charge in [-0.2, -0.15) is 0 Å². The van der Waals surface area contributed by atoms with Crippen LogP contribution >= 0.6 is 0 Å². The zero-order chi connectivity index (χ0) is 8.27. The predicted molar refractivity (Wildman–Crippen MR) is 40.4 cm³/mol. The molecule has 1 N–H and O–H groups in total. The van der Waals surface area contributed by atoms with E-state index in [1.165, 1.54) is 0 Å². The first-order chi connectivity index (χ1) is 5.18. The lowest BCUT2D eigenvalue weighted by Crippen LogP contribution is -2.10. The fraction of sp³-hybridized carbons (Fsp3) is 0.875. The number of aliphatic carboxylic acids is 1. The van der Waals surface area contributed by atoms with Crippen LogP contribution in [0.1, 0.15) is 32.6 Å². The van der Waals surface area contributed by atoms with Gasteiger partial charge in [-0.25, -0.2) is 0 Å². The Balaban J connectivity index is 2.13. The van der Waals surface area contributed by atoms with E-state index in [0.717, 1.165) is 12.8 Å². The maximum absolute atomic E-state index is 10.2. The van der Waals surface area contributed by atoms with Gasteiger partial charge in [-0.3, -0.25) is 4.79 Å². The molecule has 0 amide bonds. The molecule has 1 aliphatic rings. The molecule has 0 spiro atoms. The molecule has 2 atom stereocenters. The zero-order valence-electron chi connectivity index (χ0n) is 6.75. The molecule has 64 valence electrons. The first kappa shape index (κ1) is 8.53. The van der Waals surface area contributed by atoms with E-state index in [1.54, 1.807) is 0 Å². The number of hydrogen-bond acceptors (Lipinski definition) is 2. The normalized spacial score (nSPS) is 30.6. The van der Waals surface area contributed by atoms with Crippen molar-refractivity contribution in [2.45, 2.75) is 44.8 Å². The Labute approximate surface area is 66.4 Å². The van der Waals surface area contributed by atoms with Crippen LogP contribution in [0.5, 0.6) is 0 Å². The predicted octanol–water partition coefficient (Wildman–Crippen LogP) is 1.42. The highest BCUT2D eigenvalue weighted by Crippen LogP contribution is 2.22. The van der Waals surface area contributed by atoms with Gasteiger partial charge in [0, 0.05) is 6.42 Å². The van der Waals surface area contributed by atoms with Gasteiger partial charge in [-0.05, 0) is 26.2 Å². The van der Waals surface area contributed by atoms with Crippen molar-refractivity contribution in [3.8, 4) is 0 Å². The van der Waals surface area contributed by atoms with Crippen LogP contribution < -0.4 is 0 Å². The lowest BCUT2D eigenvalue weighted by atomic mass is 10.1. The molecular weight excluding hydrogens is 144 g/mol. The molecule has 0 radical (unpaired) electrons. The first-order valence-electron chi connectivity index (χ1n) is 4.05. The third kappa shape index (κ3) is 2.89. The molecule has 0 aromatic carbocycles. The molecule has 0 aromatic rings. The molecule has 1 saturated heterocycles. The minimum Gasteiger partial charge on any atom is -0.481 e. The lowest BCUT2D eigenvalue weighted by molar-refractivity contribution is -0.137. The highest BCUT2D eigenvalue weighted by Gasteiger charge is 2.21. The van der Waals surface area contributed by atoms with Gasteiger partial charge in [-0.1, -0.05) is 0 Å². The molecule has 0 aromatic heterocycles. The van der Waals surface area contributed by atoms with Gasteiger partial charge in [0.15, 0.2) is 0 Å². The summed E-state index contributed by atoms with van der Waals surface area (Å²) in [6.07, 6.45) is 3.52. The SMILES string of the molecule is CC1CCC(CCC(=O)O)O1. The van der Waals surface area contributed by atoms with E-state index in [2.05, 4.69) is 0 Å². The minimum atomic E-state index is -0.729. The van der Waals surface area contributed by atoms with Crippen molar-refractivity contribution < 1.29 is 14.6 Å². The van der Waals surface area contributed by atoms with Crippen LogP contribution in [0.25, 0.3) is 0 Å². The summed E-state index contributed by atoms with van der Waals surface area (Å²) in [6, 6.07) is 0. The van der Waals surface area contributed by atoms with Crippen molar-refractivity contribution in [3.63, 3.8) is 0 Å². The van der Waals surface area contributed by atoms with Crippen molar-refractivity contribution in [2.24, 2.45) is 0 Å². The molecule has 0 saturated carbocycles. The summed E-state index contributed by atoms with van der Waals surface area (Å²) in [6.45, 7) is 2.03. The Kier molecular flexibility index (Phi) is 2.88. The van der Waals surface area contributed by atoms with E-state index in [9.17, 15) is 4.79 Å². The van der Waals surface area contributed by atoms with Crippen LogP contribution in [0.15, 0.2) is 0 Å². The Hall–Kier alpha value is -0.570. The van der Waals surface area contributed by atoms with E-state index >= 15 is 0 Å². The van der Waals surface area contributed by atoms with E-state index in [0.29, 0.717) is 12.5 Å².